The van der Waals surface area contributed by atoms with Crippen molar-refractivity contribution in [3.8, 4) is 11.3 Å². The number of nitrogens with zero attached hydrogens (tertiary/aromatic N) is 1. The first-order chi connectivity index (χ1) is 11.6. The highest BCUT2D eigenvalue weighted by atomic mass is 35.5. The van der Waals surface area contributed by atoms with Gasteiger partial charge in [0.2, 0.25) is 0 Å². The lowest BCUT2D eigenvalue weighted by Gasteiger charge is -2.19. The van der Waals surface area contributed by atoms with Crippen LogP contribution in [-0.4, -0.2) is 12.5 Å². The lowest BCUT2D eigenvalue weighted by Crippen LogP contribution is -2.30. The van der Waals surface area contributed by atoms with Gasteiger partial charge in [0.25, 0.3) is 5.91 Å². The second kappa shape index (κ2) is 6.81. The van der Waals surface area contributed by atoms with Gasteiger partial charge in [-0.1, -0.05) is 29.8 Å². The summed E-state index contributed by atoms with van der Waals surface area (Å²) in [7, 11) is 0. The molecule has 0 radical (unpaired) electrons. The molecule has 0 atom stereocenters. The van der Waals surface area contributed by atoms with Gasteiger partial charge in [-0.25, -0.2) is 0 Å². The highest BCUT2D eigenvalue weighted by molar-refractivity contribution is 6.33. The molecule has 0 aliphatic carbocycles. The second-order valence-corrected chi connectivity index (χ2v) is 5.70. The predicted octanol–water partition coefficient (Wildman–Crippen LogP) is 4.85. The minimum Gasteiger partial charge on any atom is -0.451 e. The van der Waals surface area contributed by atoms with E-state index in [4.69, 9.17) is 21.8 Å². The SMILES string of the molecule is CCN(C(=O)c1ccc(-c2ccc(N)cc2Cl)o1)c1ccccc1. The van der Waals surface area contributed by atoms with Crippen molar-refractivity contribution in [2.45, 2.75) is 6.92 Å². The molecule has 0 bridgehead atoms. The van der Waals surface area contributed by atoms with Gasteiger partial charge in [0, 0.05) is 23.5 Å². The van der Waals surface area contributed by atoms with Crippen molar-refractivity contribution in [3.63, 3.8) is 0 Å². The average Bonchev–Trinajstić information content (AvgIpc) is 3.06. The lowest BCUT2D eigenvalue weighted by atomic mass is 10.1. The number of para-hydroxylation sites is 1. The Balaban J connectivity index is 1.91. The number of carbonyl (C=O) groups is 1. The van der Waals surface area contributed by atoms with Crippen LogP contribution in [0.25, 0.3) is 11.3 Å². The first-order valence-corrected chi connectivity index (χ1v) is 8.00. The van der Waals surface area contributed by atoms with Crippen molar-refractivity contribution in [3.05, 3.63) is 71.4 Å². The summed E-state index contributed by atoms with van der Waals surface area (Å²) in [4.78, 5) is 14.4. The molecule has 1 heterocycles. The largest absolute Gasteiger partial charge is 0.451 e. The fourth-order valence-electron chi connectivity index (χ4n) is 2.51. The van der Waals surface area contributed by atoms with Gasteiger partial charge >= 0.3 is 0 Å². The van der Waals surface area contributed by atoms with E-state index in [-0.39, 0.29) is 11.7 Å². The quantitative estimate of drug-likeness (QED) is 0.691. The molecule has 0 aliphatic rings. The zero-order valence-electron chi connectivity index (χ0n) is 13.2. The number of hydrogen-bond acceptors (Lipinski definition) is 3. The van der Waals surface area contributed by atoms with Crippen LogP contribution in [0.15, 0.2) is 65.1 Å². The molecule has 5 heteroatoms. The third kappa shape index (κ3) is 3.14. The molecular formula is C19H17ClN2O2. The van der Waals surface area contributed by atoms with Crippen LogP contribution >= 0.6 is 11.6 Å². The first kappa shape index (κ1) is 16.1. The molecule has 0 fully saturated rings. The summed E-state index contributed by atoms with van der Waals surface area (Å²) in [5, 5.41) is 0.485. The summed E-state index contributed by atoms with van der Waals surface area (Å²) in [6.45, 7) is 2.47. The van der Waals surface area contributed by atoms with Crippen molar-refractivity contribution >= 4 is 28.9 Å². The van der Waals surface area contributed by atoms with Crippen molar-refractivity contribution < 1.29 is 9.21 Å². The number of nitrogens with two attached hydrogens (primary N) is 1. The van der Waals surface area contributed by atoms with E-state index in [9.17, 15) is 4.79 Å². The Hall–Kier alpha value is -2.72. The van der Waals surface area contributed by atoms with Crippen molar-refractivity contribution in [1.82, 2.24) is 0 Å². The molecule has 0 saturated heterocycles. The molecule has 24 heavy (non-hydrogen) atoms. The van der Waals surface area contributed by atoms with Crippen LogP contribution in [0.4, 0.5) is 11.4 Å². The smallest absolute Gasteiger partial charge is 0.293 e. The Morgan fingerprint density at radius 2 is 1.88 bits per heavy atom. The van der Waals surface area contributed by atoms with Crippen LogP contribution in [0.3, 0.4) is 0 Å². The van der Waals surface area contributed by atoms with Gasteiger partial charge < -0.3 is 15.1 Å². The average molecular weight is 341 g/mol. The molecule has 0 aliphatic heterocycles. The highest BCUT2D eigenvalue weighted by Gasteiger charge is 2.20. The third-order valence-electron chi connectivity index (χ3n) is 3.70. The van der Waals surface area contributed by atoms with Crippen LogP contribution < -0.4 is 10.6 Å². The Morgan fingerprint density at radius 1 is 1.12 bits per heavy atom. The van der Waals surface area contributed by atoms with Crippen LogP contribution in [0.2, 0.25) is 5.02 Å². The summed E-state index contributed by atoms with van der Waals surface area (Å²) in [5.41, 5.74) is 7.81. The molecule has 0 spiro atoms. The van der Waals surface area contributed by atoms with Crippen LogP contribution in [0.5, 0.6) is 0 Å². The molecule has 3 rings (SSSR count). The van der Waals surface area contributed by atoms with Gasteiger partial charge in [0.1, 0.15) is 5.76 Å². The van der Waals surface area contributed by atoms with Crippen molar-refractivity contribution in [2.24, 2.45) is 0 Å². The Kier molecular flexibility index (Phi) is 4.58. The lowest BCUT2D eigenvalue weighted by molar-refractivity contribution is 0.0962. The molecule has 1 amide bonds. The van der Waals surface area contributed by atoms with E-state index in [0.29, 0.717) is 28.6 Å². The molecule has 4 nitrogen and oxygen atoms in total. The number of halogens is 1. The summed E-state index contributed by atoms with van der Waals surface area (Å²) >= 11 is 6.20. The number of carbonyl (C=O) groups excluding carboxylic acids is 1. The normalized spacial score (nSPS) is 10.6. The van der Waals surface area contributed by atoms with Crippen LogP contribution in [0.1, 0.15) is 17.5 Å². The summed E-state index contributed by atoms with van der Waals surface area (Å²) in [6, 6.07) is 18.1. The molecule has 3 aromatic rings. The zero-order valence-corrected chi connectivity index (χ0v) is 14.0. The predicted molar refractivity (Wildman–Crippen MR) is 97.4 cm³/mol. The summed E-state index contributed by atoms with van der Waals surface area (Å²) in [5.74, 6) is 0.609. The fourth-order valence-corrected chi connectivity index (χ4v) is 2.80. The fraction of sp³-hybridized carbons (Fsp3) is 0.105. The monoisotopic (exact) mass is 340 g/mol. The van der Waals surface area contributed by atoms with Gasteiger partial charge in [0.15, 0.2) is 5.76 Å². The van der Waals surface area contributed by atoms with Gasteiger partial charge in [0.05, 0.1) is 5.02 Å². The number of nitrogen functional groups attached to an aromatic ring is 1. The van der Waals surface area contributed by atoms with E-state index in [1.165, 1.54) is 0 Å². The molecule has 0 saturated carbocycles. The van der Waals surface area contributed by atoms with E-state index in [2.05, 4.69) is 0 Å². The van der Waals surface area contributed by atoms with Crippen molar-refractivity contribution in [2.75, 3.05) is 17.2 Å². The molecule has 1 aromatic heterocycles. The van der Waals surface area contributed by atoms with Gasteiger partial charge in [-0.2, -0.15) is 0 Å². The topological polar surface area (TPSA) is 59.5 Å². The molecule has 122 valence electrons. The van der Waals surface area contributed by atoms with Crippen LogP contribution in [-0.2, 0) is 0 Å². The number of anilines is 2. The molecule has 2 N–H and O–H groups in total. The van der Waals surface area contributed by atoms with E-state index >= 15 is 0 Å². The zero-order chi connectivity index (χ0) is 17.1. The van der Waals surface area contributed by atoms with Gasteiger partial charge in [-0.15, -0.1) is 0 Å². The van der Waals surface area contributed by atoms with Gasteiger partial charge in [-0.05, 0) is 49.4 Å². The van der Waals surface area contributed by atoms with Crippen molar-refractivity contribution in [1.29, 1.82) is 0 Å². The van der Waals surface area contributed by atoms with E-state index in [1.807, 2.05) is 37.3 Å². The maximum atomic E-state index is 12.7. The minimum atomic E-state index is -0.193. The number of benzene rings is 2. The van der Waals surface area contributed by atoms with Gasteiger partial charge in [-0.3, -0.25) is 4.79 Å². The number of rotatable bonds is 4. The van der Waals surface area contributed by atoms with E-state index < -0.39 is 0 Å². The maximum Gasteiger partial charge on any atom is 0.293 e. The summed E-state index contributed by atoms with van der Waals surface area (Å²) < 4.78 is 5.74. The van der Waals surface area contributed by atoms with Crippen LogP contribution in [0, 0.1) is 0 Å². The Morgan fingerprint density at radius 3 is 2.54 bits per heavy atom. The Labute approximate surface area is 145 Å². The number of hydrogen-bond donors (Lipinski definition) is 1. The maximum absolute atomic E-state index is 12.7. The minimum absolute atomic E-state index is 0.193. The standard InChI is InChI=1S/C19H17ClN2O2/c1-2-22(14-6-4-3-5-7-14)19(23)18-11-10-17(24-18)15-9-8-13(21)12-16(15)20/h3-12H,2,21H2,1H3. The third-order valence-corrected chi connectivity index (χ3v) is 4.02. The second-order valence-electron chi connectivity index (χ2n) is 5.29. The molecule has 0 unspecified atom stereocenters. The summed E-state index contributed by atoms with van der Waals surface area (Å²) in [6.07, 6.45) is 0. The van der Waals surface area contributed by atoms with E-state index in [1.54, 1.807) is 35.2 Å². The number of furan rings is 1. The van der Waals surface area contributed by atoms with E-state index in [0.717, 1.165) is 5.69 Å². The highest BCUT2D eigenvalue weighted by Crippen LogP contribution is 2.31. The first-order valence-electron chi connectivity index (χ1n) is 7.62. The Bertz CT molecular complexity index is 859. The molecule has 2 aromatic carbocycles. The molecular weight excluding hydrogens is 324 g/mol. The number of amides is 1.